The number of hydrogen-bond acceptors (Lipinski definition) is 8. The zero-order valence-electron chi connectivity index (χ0n) is 21.3. The minimum Gasteiger partial charge on any atom is -0.493 e. The predicted molar refractivity (Wildman–Crippen MR) is 143 cm³/mol. The van der Waals surface area contributed by atoms with Gasteiger partial charge in [-0.25, -0.2) is 13.4 Å². The van der Waals surface area contributed by atoms with E-state index in [4.69, 9.17) is 10.5 Å². The predicted octanol–water partition coefficient (Wildman–Crippen LogP) is 2.87. The third-order valence-corrected chi connectivity index (χ3v) is 7.34. The number of nitrogens with zero attached hydrogens (tertiary/aromatic N) is 3. The van der Waals surface area contributed by atoms with Gasteiger partial charge in [0, 0.05) is 11.4 Å². The Labute approximate surface area is 217 Å². The van der Waals surface area contributed by atoms with Gasteiger partial charge in [0.05, 0.1) is 35.9 Å². The maximum atomic E-state index is 13.7. The molecule has 0 radical (unpaired) electrons. The highest BCUT2D eigenvalue weighted by atomic mass is 32.2. The van der Waals surface area contributed by atoms with E-state index in [-0.39, 0.29) is 40.8 Å². The third kappa shape index (κ3) is 5.95. The number of sulfonamides is 1. The molecular weight excluding hydrogens is 494 g/mol. The first-order valence-corrected chi connectivity index (χ1v) is 13.4. The van der Waals surface area contributed by atoms with Crippen LogP contribution >= 0.6 is 0 Å². The van der Waals surface area contributed by atoms with Crippen LogP contribution in [0, 0.1) is 0 Å². The van der Waals surface area contributed by atoms with Crippen LogP contribution in [-0.4, -0.2) is 50.0 Å². The van der Waals surface area contributed by atoms with Crippen molar-refractivity contribution in [3.05, 3.63) is 77.8 Å². The molecule has 2 aromatic carbocycles. The maximum absolute atomic E-state index is 13.7. The van der Waals surface area contributed by atoms with E-state index >= 15 is 0 Å². The molecule has 1 heterocycles. The molecular formula is C26H33N5O5S. The molecule has 0 spiro atoms. The number of ether oxygens (including phenoxy) is 1. The molecule has 198 valence electrons. The summed E-state index contributed by atoms with van der Waals surface area (Å²) in [5, 5.41) is 18.3. The normalized spacial score (nSPS) is 15.1. The Hall–Kier alpha value is -3.83. The number of aliphatic hydroxyl groups excluding tert-OH is 1. The lowest BCUT2D eigenvalue weighted by Gasteiger charge is -2.30. The molecule has 0 fully saturated rings. The number of benzene rings is 2. The van der Waals surface area contributed by atoms with Crippen molar-refractivity contribution < 1.29 is 23.1 Å². The Bertz CT molecular complexity index is 1320. The minimum atomic E-state index is -4.10. The number of carbonyl (C=O) groups excluding carboxylic acids is 1. The molecule has 37 heavy (non-hydrogen) atoms. The summed E-state index contributed by atoms with van der Waals surface area (Å²) < 4.78 is 34.2. The highest BCUT2D eigenvalue weighted by Crippen LogP contribution is 2.30. The van der Waals surface area contributed by atoms with Crippen molar-refractivity contribution in [1.29, 1.82) is 0 Å². The van der Waals surface area contributed by atoms with Gasteiger partial charge >= 0.3 is 0 Å². The fourth-order valence-electron chi connectivity index (χ4n) is 3.86. The van der Waals surface area contributed by atoms with Gasteiger partial charge in [0.25, 0.3) is 15.9 Å². The van der Waals surface area contributed by atoms with E-state index < -0.39 is 15.9 Å². The highest BCUT2D eigenvalue weighted by molar-refractivity contribution is 7.92. The van der Waals surface area contributed by atoms with Crippen LogP contribution in [0.2, 0.25) is 0 Å². The fourth-order valence-corrected chi connectivity index (χ4v) is 5.35. The number of para-hydroxylation sites is 1. The molecule has 4 N–H and O–H groups in total. The second-order valence-corrected chi connectivity index (χ2v) is 10.2. The molecule has 0 atom stereocenters. The Morgan fingerprint density at radius 3 is 2.51 bits per heavy atom. The number of anilines is 1. The monoisotopic (exact) mass is 527 g/mol. The molecule has 0 aliphatic carbocycles. The molecule has 1 aliphatic heterocycles. The second-order valence-electron chi connectivity index (χ2n) is 8.29. The van der Waals surface area contributed by atoms with Gasteiger partial charge in [-0.3, -0.25) is 9.10 Å². The zero-order valence-corrected chi connectivity index (χ0v) is 22.1. The van der Waals surface area contributed by atoms with Crippen LogP contribution < -0.4 is 20.1 Å². The zero-order chi connectivity index (χ0) is 27.2. The number of carbonyl (C=O) groups is 1. The largest absolute Gasteiger partial charge is 0.493 e. The average molecular weight is 528 g/mol. The lowest BCUT2D eigenvalue weighted by Crippen LogP contribution is -2.44. The number of rotatable bonds is 11. The van der Waals surface area contributed by atoms with Crippen molar-refractivity contribution in [2.45, 2.75) is 38.5 Å². The number of nitrogens with two attached hydrogens (primary N) is 1. The van der Waals surface area contributed by atoms with Crippen LogP contribution in [0.4, 0.5) is 5.69 Å². The summed E-state index contributed by atoms with van der Waals surface area (Å²) in [4.78, 5) is 13.0. The van der Waals surface area contributed by atoms with Gasteiger partial charge in [0.1, 0.15) is 11.4 Å². The molecule has 1 aliphatic rings. The van der Waals surface area contributed by atoms with Crippen LogP contribution in [-0.2, 0) is 14.8 Å². The van der Waals surface area contributed by atoms with Crippen molar-refractivity contribution in [2.75, 3.05) is 24.1 Å². The average Bonchev–Trinajstić information content (AvgIpc) is 2.87. The summed E-state index contributed by atoms with van der Waals surface area (Å²) in [5.74, 6) is -0.0581. The van der Waals surface area contributed by atoms with E-state index in [0.29, 0.717) is 30.2 Å². The molecule has 2 aromatic rings. The Balaban J connectivity index is 2.18. The van der Waals surface area contributed by atoms with Crippen molar-refractivity contribution in [2.24, 2.45) is 10.8 Å². The lowest BCUT2D eigenvalue weighted by atomic mass is 10.1. The second kappa shape index (κ2) is 11.9. The highest BCUT2D eigenvalue weighted by Gasteiger charge is 2.32. The van der Waals surface area contributed by atoms with Crippen LogP contribution in [0.5, 0.6) is 5.75 Å². The minimum absolute atomic E-state index is 0.0597. The first-order valence-electron chi connectivity index (χ1n) is 12.0. The Morgan fingerprint density at radius 1 is 1.22 bits per heavy atom. The molecule has 0 unspecified atom stereocenters. The van der Waals surface area contributed by atoms with E-state index in [1.54, 1.807) is 44.2 Å². The van der Waals surface area contributed by atoms with Crippen molar-refractivity contribution >= 4 is 27.5 Å². The molecule has 1 amide bonds. The topological polar surface area (TPSA) is 138 Å². The third-order valence-electron chi connectivity index (χ3n) is 5.51. The standard InChI is InChI=1S/C26H33N5O5S/c1-5-10-18(3)31-24(19(4)27)26(33)28-25(29-31)22-17-21(13-14-23(22)36-6-2)37(34,35)30(15-16-32)20-11-8-7-9-12-20/h7-9,11-14,17,32H,3,5-6,10,15-16,27H2,1-2,4H3,(H,28,29,33)/b24-19-. The summed E-state index contributed by atoms with van der Waals surface area (Å²) in [5.41, 5.74) is 7.65. The van der Waals surface area contributed by atoms with Gasteiger partial charge in [-0.2, -0.15) is 0 Å². The first-order chi connectivity index (χ1) is 17.6. The van der Waals surface area contributed by atoms with Gasteiger partial charge < -0.3 is 20.9 Å². The van der Waals surface area contributed by atoms with E-state index in [1.807, 2.05) is 6.92 Å². The smallest absolute Gasteiger partial charge is 0.277 e. The summed E-state index contributed by atoms with van der Waals surface area (Å²) in [7, 11) is -4.10. The number of nitrogens with one attached hydrogen (secondary N) is 1. The molecule has 0 saturated heterocycles. The number of amides is 1. The van der Waals surface area contributed by atoms with E-state index in [1.165, 1.54) is 23.2 Å². The van der Waals surface area contributed by atoms with Crippen LogP contribution in [0.1, 0.15) is 39.2 Å². The van der Waals surface area contributed by atoms with Gasteiger partial charge in [0.15, 0.2) is 5.84 Å². The van der Waals surface area contributed by atoms with Gasteiger partial charge in [-0.1, -0.05) is 38.1 Å². The van der Waals surface area contributed by atoms with Crippen LogP contribution in [0.3, 0.4) is 0 Å². The Morgan fingerprint density at radius 2 is 1.92 bits per heavy atom. The SMILES string of the molecule is C=C(CCC)N1N=C(c2cc(S(=O)(=O)N(CCO)c3ccccc3)ccc2OCC)NC(=O)/C1=C(\C)N. The summed E-state index contributed by atoms with van der Waals surface area (Å²) >= 11 is 0. The molecule has 3 rings (SSSR count). The first kappa shape index (κ1) is 27.8. The number of hydrogen-bond donors (Lipinski definition) is 3. The fraction of sp³-hybridized carbons (Fsp3) is 0.308. The Kier molecular flexibility index (Phi) is 8.95. The number of allylic oxidation sites excluding steroid dienone is 2. The molecule has 0 aromatic heterocycles. The molecule has 0 bridgehead atoms. The maximum Gasteiger partial charge on any atom is 0.277 e. The van der Waals surface area contributed by atoms with E-state index in [0.717, 1.165) is 10.7 Å². The summed E-state index contributed by atoms with van der Waals surface area (Å²) in [6.45, 7) is 9.21. The lowest BCUT2D eigenvalue weighted by molar-refractivity contribution is -0.118. The summed E-state index contributed by atoms with van der Waals surface area (Å²) in [6, 6.07) is 12.8. The summed E-state index contributed by atoms with van der Waals surface area (Å²) in [6.07, 6.45) is 1.34. The molecule has 10 nitrogen and oxygen atoms in total. The van der Waals surface area contributed by atoms with Gasteiger partial charge in [-0.15, -0.1) is 5.10 Å². The quantitative estimate of drug-likeness (QED) is 0.382. The van der Waals surface area contributed by atoms with Gasteiger partial charge in [-0.05, 0) is 50.6 Å². The van der Waals surface area contributed by atoms with E-state index in [9.17, 15) is 18.3 Å². The van der Waals surface area contributed by atoms with Crippen LogP contribution in [0.15, 0.2) is 82.2 Å². The molecule has 0 saturated carbocycles. The van der Waals surface area contributed by atoms with E-state index in [2.05, 4.69) is 17.0 Å². The van der Waals surface area contributed by atoms with Crippen molar-refractivity contribution in [3.63, 3.8) is 0 Å². The number of hydrazone groups is 1. The van der Waals surface area contributed by atoms with Crippen LogP contribution in [0.25, 0.3) is 0 Å². The van der Waals surface area contributed by atoms with Crippen molar-refractivity contribution in [1.82, 2.24) is 10.3 Å². The number of amidine groups is 1. The molecule has 11 heteroatoms. The number of aliphatic hydroxyl groups is 1. The van der Waals surface area contributed by atoms with Crippen molar-refractivity contribution in [3.8, 4) is 5.75 Å². The van der Waals surface area contributed by atoms with Gasteiger partial charge in [0.2, 0.25) is 0 Å².